The molecule has 0 saturated carbocycles. The quantitative estimate of drug-likeness (QED) is 0.616. The highest BCUT2D eigenvalue weighted by molar-refractivity contribution is 5.39. The van der Waals surface area contributed by atoms with Crippen LogP contribution in [0, 0.1) is 6.92 Å². The Morgan fingerprint density at radius 1 is 1.39 bits per heavy atom. The summed E-state index contributed by atoms with van der Waals surface area (Å²) in [6.45, 7) is 2.07. The Labute approximate surface area is 104 Å². The number of hydrogen-bond donors (Lipinski definition) is 2. The molecule has 0 saturated heterocycles. The molecule has 0 aliphatic heterocycles. The van der Waals surface area contributed by atoms with Crippen LogP contribution in [-0.2, 0) is 9.53 Å². The molecule has 5 nitrogen and oxygen atoms in total. The molecule has 1 heterocycles. The van der Waals surface area contributed by atoms with Gasteiger partial charge in [0.25, 0.3) is 6.47 Å². The molecule has 2 unspecified atom stereocenters. The highest BCUT2D eigenvalue weighted by Gasteiger charge is 2.27. The lowest BCUT2D eigenvalue weighted by Crippen LogP contribution is -2.23. The van der Waals surface area contributed by atoms with Gasteiger partial charge in [0.05, 0.1) is 23.6 Å². The highest BCUT2D eigenvalue weighted by atomic mass is 16.6. The van der Waals surface area contributed by atoms with Crippen LogP contribution >= 0.6 is 0 Å². The molecule has 2 atom stereocenters. The van der Waals surface area contributed by atoms with E-state index in [1.54, 1.807) is 6.33 Å². The molecule has 2 aromatic rings. The van der Waals surface area contributed by atoms with Crippen molar-refractivity contribution in [2.45, 2.75) is 19.1 Å². The van der Waals surface area contributed by atoms with Gasteiger partial charge in [-0.15, -0.1) is 0 Å². The molecular weight excluding hydrogens is 232 g/mol. The minimum atomic E-state index is -1.25. The van der Waals surface area contributed by atoms with Gasteiger partial charge in [0, 0.05) is 0 Å². The molecule has 94 valence electrons. The molecule has 18 heavy (non-hydrogen) atoms. The van der Waals surface area contributed by atoms with Crippen molar-refractivity contribution in [2.24, 2.45) is 0 Å². The number of nitrogens with zero attached hydrogens (tertiary/aromatic N) is 1. The van der Waals surface area contributed by atoms with Crippen molar-refractivity contribution in [1.82, 2.24) is 9.97 Å². The second kappa shape index (κ2) is 5.46. The van der Waals surface area contributed by atoms with Crippen LogP contribution in [0.2, 0.25) is 0 Å². The lowest BCUT2D eigenvalue weighted by atomic mass is 9.94. The van der Waals surface area contributed by atoms with Crippen LogP contribution in [0.5, 0.6) is 0 Å². The number of imidazole rings is 1. The summed E-state index contributed by atoms with van der Waals surface area (Å²) in [5.41, 5.74) is 2.34. The van der Waals surface area contributed by atoms with Gasteiger partial charge in [-0.3, -0.25) is 4.79 Å². The number of aromatic amines is 1. The molecule has 0 fully saturated rings. The predicted molar refractivity (Wildman–Crippen MR) is 64.8 cm³/mol. The number of carbonyl (C=O) groups excluding carboxylic acids is 1. The lowest BCUT2D eigenvalue weighted by Gasteiger charge is -2.21. The van der Waals surface area contributed by atoms with E-state index < -0.39 is 12.2 Å². The van der Waals surface area contributed by atoms with Crippen molar-refractivity contribution in [3.8, 4) is 0 Å². The first kappa shape index (κ1) is 12.3. The van der Waals surface area contributed by atoms with Crippen molar-refractivity contribution in [3.05, 3.63) is 53.6 Å². The molecule has 5 heteroatoms. The number of carbonyl (C=O) groups is 1. The summed E-state index contributed by atoms with van der Waals surface area (Å²) >= 11 is 0. The maximum atomic E-state index is 10.4. The largest absolute Gasteiger partial charge is 0.437 e. The van der Waals surface area contributed by atoms with Gasteiger partial charge in [-0.05, 0) is 12.5 Å². The van der Waals surface area contributed by atoms with Gasteiger partial charge >= 0.3 is 0 Å². The minimum Gasteiger partial charge on any atom is -0.437 e. The van der Waals surface area contributed by atoms with Crippen LogP contribution in [0.3, 0.4) is 0 Å². The van der Waals surface area contributed by atoms with Crippen LogP contribution in [0.1, 0.15) is 22.9 Å². The summed E-state index contributed by atoms with van der Waals surface area (Å²) in [5, 5.41) is 9.96. The second-order valence-electron chi connectivity index (χ2n) is 3.91. The van der Waals surface area contributed by atoms with E-state index in [0.29, 0.717) is 0 Å². The van der Waals surface area contributed by atoms with Crippen molar-refractivity contribution >= 4 is 6.47 Å². The summed E-state index contributed by atoms with van der Waals surface area (Å²) in [4.78, 5) is 17.5. The third-order valence-electron chi connectivity index (χ3n) is 2.82. The van der Waals surface area contributed by atoms with E-state index in [9.17, 15) is 9.90 Å². The van der Waals surface area contributed by atoms with Gasteiger partial charge < -0.3 is 14.8 Å². The molecule has 1 aromatic carbocycles. The number of ether oxygens (including phenoxy) is 1. The first-order valence-corrected chi connectivity index (χ1v) is 5.56. The Balaban J connectivity index is 2.41. The van der Waals surface area contributed by atoms with E-state index >= 15 is 0 Å². The summed E-state index contributed by atoms with van der Waals surface area (Å²) < 4.78 is 4.66. The van der Waals surface area contributed by atoms with Crippen LogP contribution < -0.4 is 0 Å². The molecule has 0 aliphatic rings. The van der Waals surface area contributed by atoms with Crippen molar-refractivity contribution in [3.63, 3.8) is 0 Å². The van der Waals surface area contributed by atoms with E-state index in [0.717, 1.165) is 17.0 Å². The highest BCUT2D eigenvalue weighted by Crippen LogP contribution is 2.28. The summed E-state index contributed by atoms with van der Waals surface area (Å²) in [6.07, 6.45) is 0.304. The number of aliphatic hydroxyl groups is 1. The Morgan fingerprint density at radius 3 is 2.67 bits per heavy atom. The van der Waals surface area contributed by atoms with E-state index in [4.69, 9.17) is 0 Å². The number of rotatable bonds is 5. The molecule has 0 spiro atoms. The van der Waals surface area contributed by atoms with Crippen molar-refractivity contribution < 1.29 is 14.6 Å². The average molecular weight is 246 g/mol. The van der Waals surface area contributed by atoms with Crippen LogP contribution in [0.4, 0.5) is 0 Å². The third-order valence-corrected chi connectivity index (χ3v) is 2.82. The van der Waals surface area contributed by atoms with E-state index in [-0.39, 0.29) is 6.47 Å². The second-order valence-corrected chi connectivity index (χ2v) is 3.91. The monoisotopic (exact) mass is 246 g/mol. The Hall–Kier alpha value is -2.14. The van der Waals surface area contributed by atoms with Gasteiger partial charge in [-0.25, -0.2) is 4.98 Å². The number of nitrogens with one attached hydrogen (secondary N) is 1. The van der Waals surface area contributed by atoms with Gasteiger partial charge in [0.15, 0.2) is 0 Å². The number of aromatic nitrogens is 2. The Bertz CT molecular complexity index is 510. The summed E-state index contributed by atoms with van der Waals surface area (Å²) in [7, 11) is 0. The maximum Gasteiger partial charge on any atom is 0.295 e. The lowest BCUT2D eigenvalue weighted by molar-refractivity contribution is -0.153. The summed E-state index contributed by atoms with van der Waals surface area (Å²) in [6, 6.07) is 9.33. The molecule has 2 N–H and O–H groups in total. The first-order chi connectivity index (χ1) is 8.74. The van der Waals surface area contributed by atoms with Gasteiger partial charge in [0.1, 0.15) is 0 Å². The molecule has 0 radical (unpaired) electrons. The standard InChI is InChI=1S/C13H14N2O3/c1-9-12(15-7-14-9)11(13(17)18-8-16)10-5-3-2-4-6-10/h2-8,11,13,17H,1H3,(H,14,15). The molecule has 0 bridgehead atoms. The van der Waals surface area contributed by atoms with Crippen molar-refractivity contribution in [1.29, 1.82) is 0 Å². The number of benzene rings is 1. The average Bonchev–Trinajstić information content (AvgIpc) is 2.78. The SMILES string of the molecule is Cc1nc[nH]c1C(c1ccccc1)C(O)OC=O. The zero-order valence-corrected chi connectivity index (χ0v) is 9.91. The molecule has 2 rings (SSSR count). The van der Waals surface area contributed by atoms with E-state index in [2.05, 4.69) is 14.7 Å². The molecular formula is C13H14N2O3. The maximum absolute atomic E-state index is 10.4. The fourth-order valence-corrected chi connectivity index (χ4v) is 1.96. The Morgan fingerprint density at radius 2 is 2.11 bits per heavy atom. The number of aliphatic hydroxyl groups excluding tert-OH is 1. The van der Waals surface area contributed by atoms with Gasteiger partial charge in [0.2, 0.25) is 6.29 Å². The summed E-state index contributed by atoms with van der Waals surface area (Å²) in [5.74, 6) is -0.473. The van der Waals surface area contributed by atoms with Crippen molar-refractivity contribution in [2.75, 3.05) is 0 Å². The zero-order valence-electron chi connectivity index (χ0n) is 9.91. The first-order valence-electron chi connectivity index (χ1n) is 5.56. The topological polar surface area (TPSA) is 75.2 Å². The van der Waals surface area contributed by atoms with Crippen LogP contribution in [-0.4, -0.2) is 27.8 Å². The third kappa shape index (κ3) is 2.41. The van der Waals surface area contributed by atoms with Gasteiger partial charge in [-0.2, -0.15) is 0 Å². The fraction of sp³-hybridized carbons (Fsp3) is 0.231. The number of aryl methyl sites for hydroxylation is 1. The predicted octanol–water partition coefficient (Wildman–Crippen LogP) is 1.34. The number of hydrogen-bond acceptors (Lipinski definition) is 4. The van der Waals surface area contributed by atoms with Crippen LogP contribution in [0.25, 0.3) is 0 Å². The zero-order chi connectivity index (χ0) is 13.0. The Kier molecular flexibility index (Phi) is 3.74. The normalized spacial score (nSPS) is 13.9. The smallest absolute Gasteiger partial charge is 0.295 e. The minimum absolute atomic E-state index is 0.242. The van der Waals surface area contributed by atoms with E-state index in [1.807, 2.05) is 37.3 Å². The van der Waals surface area contributed by atoms with E-state index in [1.165, 1.54) is 0 Å². The number of H-pyrrole nitrogens is 1. The molecule has 0 amide bonds. The molecule has 1 aromatic heterocycles. The van der Waals surface area contributed by atoms with Crippen LogP contribution in [0.15, 0.2) is 36.7 Å². The van der Waals surface area contributed by atoms with Gasteiger partial charge in [-0.1, -0.05) is 30.3 Å². The fourth-order valence-electron chi connectivity index (χ4n) is 1.96. The molecule has 0 aliphatic carbocycles.